The van der Waals surface area contributed by atoms with E-state index in [2.05, 4.69) is 24.1 Å². The third kappa shape index (κ3) is 4.13. The molecule has 0 aromatic heterocycles. The SMILES string of the molecule is CCN(CC)CC(C)Nc1c(N)cccc1C(=O)O. The number of carboxylic acids is 1. The summed E-state index contributed by atoms with van der Waals surface area (Å²) in [6.45, 7) is 9.03. The summed E-state index contributed by atoms with van der Waals surface area (Å²) in [7, 11) is 0. The molecule has 5 heteroatoms. The molecule has 1 aromatic rings. The van der Waals surface area contributed by atoms with Gasteiger partial charge < -0.3 is 21.1 Å². The van der Waals surface area contributed by atoms with Gasteiger partial charge in [0.15, 0.2) is 0 Å². The van der Waals surface area contributed by atoms with Crippen molar-refractivity contribution in [2.24, 2.45) is 0 Å². The van der Waals surface area contributed by atoms with Crippen molar-refractivity contribution in [3.8, 4) is 0 Å². The number of nitrogens with two attached hydrogens (primary N) is 1. The minimum atomic E-state index is -0.968. The fourth-order valence-electron chi connectivity index (χ4n) is 2.07. The van der Waals surface area contributed by atoms with Crippen LogP contribution in [0.2, 0.25) is 0 Å². The molecule has 0 amide bonds. The van der Waals surface area contributed by atoms with Crippen LogP contribution >= 0.6 is 0 Å². The summed E-state index contributed by atoms with van der Waals surface area (Å²) >= 11 is 0. The van der Waals surface area contributed by atoms with Gasteiger partial charge in [-0.05, 0) is 32.1 Å². The van der Waals surface area contributed by atoms with Crippen LogP contribution < -0.4 is 11.1 Å². The molecular formula is C14H23N3O2. The maximum absolute atomic E-state index is 11.2. The Labute approximate surface area is 114 Å². The number of nitrogen functional groups attached to an aromatic ring is 1. The van der Waals surface area contributed by atoms with Crippen LogP contribution in [-0.2, 0) is 0 Å². The van der Waals surface area contributed by atoms with Crippen LogP contribution in [0.5, 0.6) is 0 Å². The highest BCUT2D eigenvalue weighted by Gasteiger charge is 2.15. The van der Waals surface area contributed by atoms with Crippen molar-refractivity contribution in [2.45, 2.75) is 26.8 Å². The van der Waals surface area contributed by atoms with Crippen LogP contribution in [0.1, 0.15) is 31.1 Å². The number of para-hydroxylation sites is 1. The van der Waals surface area contributed by atoms with Crippen LogP contribution in [0.3, 0.4) is 0 Å². The molecule has 1 aromatic carbocycles. The predicted octanol–water partition coefficient (Wildman–Crippen LogP) is 2.11. The van der Waals surface area contributed by atoms with Crippen LogP contribution in [0.15, 0.2) is 18.2 Å². The number of hydrogen-bond donors (Lipinski definition) is 3. The summed E-state index contributed by atoms with van der Waals surface area (Å²) < 4.78 is 0. The largest absolute Gasteiger partial charge is 0.478 e. The number of likely N-dealkylation sites (N-methyl/N-ethyl adjacent to an activating group) is 1. The van der Waals surface area contributed by atoms with Crippen molar-refractivity contribution in [2.75, 3.05) is 30.7 Å². The highest BCUT2D eigenvalue weighted by Crippen LogP contribution is 2.24. The monoisotopic (exact) mass is 265 g/mol. The topological polar surface area (TPSA) is 78.6 Å². The molecule has 19 heavy (non-hydrogen) atoms. The molecule has 0 aliphatic rings. The quantitative estimate of drug-likeness (QED) is 0.658. The molecule has 0 bridgehead atoms. The molecule has 0 heterocycles. The van der Waals surface area contributed by atoms with E-state index in [1.54, 1.807) is 18.2 Å². The molecule has 0 saturated heterocycles. The Morgan fingerprint density at radius 2 is 2.05 bits per heavy atom. The first-order valence-electron chi connectivity index (χ1n) is 6.60. The van der Waals surface area contributed by atoms with Crippen LogP contribution in [0.4, 0.5) is 11.4 Å². The number of aromatic carboxylic acids is 1. The molecule has 106 valence electrons. The van der Waals surface area contributed by atoms with Gasteiger partial charge in [-0.2, -0.15) is 0 Å². The van der Waals surface area contributed by atoms with Gasteiger partial charge in [-0.25, -0.2) is 4.79 Å². The van der Waals surface area contributed by atoms with E-state index < -0.39 is 5.97 Å². The fourth-order valence-corrected chi connectivity index (χ4v) is 2.07. The molecule has 5 nitrogen and oxygen atoms in total. The van der Waals surface area contributed by atoms with Gasteiger partial charge in [-0.15, -0.1) is 0 Å². The Morgan fingerprint density at radius 3 is 2.58 bits per heavy atom. The average molecular weight is 265 g/mol. The summed E-state index contributed by atoms with van der Waals surface area (Å²) in [5, 5.41) is 12.4. The van der Waals surface area contributed by atoms with E-state index in [0.717, 1.165) is 19.6 Å². The fraction of sp³-hybridized carbons (Fsp3) is 0.500. The Morgan fingerprint density at radius 1 is 1.42 bits per heavy atom. The Hall–Kier alpha value is -1.75. The van der Waals surface area contributed by atoms with Gasteiger partial charge in [0.25, 0.3) is 0 Å². The van der Waals surface area contributed by atoms with E-state index in [4.69, 9.17) is 5.73 Å². The summed E-state index contributed by atoms with van der Waals surface area (Å²) in [6, 6.07) is 5.05. The predicted molar refractivity (Wildman–Crippen MR) is 78.7 cm³/mol. The lowest BCUT2D eigenvalue weighted by molar-refractivity contribution is 0.0698. The average Bonchev–Trinajstić information content (AvgIpc) is 2.38. The van der Waals surface area contributed by atoms with Gasteiger partial charge in [0.1, 0.15) is 0 Å². The van der Waals surface area contributed by atoms with Crippen molar-refractivity contribution in [3.05, 3.63) is 23.8 Å². The first-order valence-corrected chi connectivity index (χ1v) is 6.60. The molecule has 4 N–H and O–H groups in total. The van der Waals surface area contributed by atoms with Gasteiger partial charge in [-0.1, -0.05) is 19.9 Å². The third-order valence-electron chi connectivity index (χ3n) is 3.14. The van der Waals surface area contributed by atoms with Gasteiger partial charge >= 0.3 is 5.97 Å². The van der Waals surface area contributed by atoms with Crippen molar-refractivity contribution in [1.29, 1.82) is 0 Å². The lowest BCUT2D eigenvalue weighted by Gasteiger charge is -2.25. The highest BCUT2D eigenvalue weighted by atomic mass is 16.4. The first kappa shape index (κ1) is 15.3. The molecule has 0 saturated carbocycles. The molecule has 0 aliphatic heterocycles. The zero-order chi connectivity index (χ0) is 14.4. The van der Waals surface area contributed by atoms with E-state index in [1.165, 1.54) is 0 Å². The minimum absolute atomic E-state index is 0.127. The molecule has 0 fully saturated rings. The van der Waals surface area contributed by atoms with Gasteiger partial charge in [-0.3, -0.25) is 0 Å². The molecule has 1 atom stereocenters. The molecule has 0 radical (unpaired) electrons. The van der Waals surface area contributed by atoms with Crippen LogP contribution in [-0.4, -0.2) is 41.7 Å². The number of rotatable bonds is 7. The second-order valence-electron chi connectivity index (χ2n) is 4.61. The number of benzene rings is 1. The lowest BCUT2D eigenvalue weighted by Crippen LogP contribution is -2.35. The highest BCUT2D eigenvalue weighted by molar-refractivity contribution is 5.97. The maximum atomic E-state index is 11.2. The van der Waals surface area contributed by atoms with Crippen molar-refractivity contribution < 1.29 is 9.90 Å². The molecule has 1 unspecified atom stereocenters. The van der Waals surface area contributed by atoms with E-state index in [-0.39, 0.29) is 11.6 Å². The smallest absolute Gasteiger partial charge is 0.337 e. The number of hydrogen-bond acceptors (Lipinski definition) is 4. The summed E-state index contributed by atoms with van der Waals surface area (Å²) in [4.78, 5) is 13.5. The van der Waals surface area contributed by atoms with Crippen LogP contribution in [0, 0.1) is 0 Å². The standard InChI is InChI=1S/C14H23N3O2/c1-4-17(5-2)9-10(3)16-13-11(14(18)19)7-6-8-12(13)15/h6-8,10,16H,4-5,9,15H2,1-3H3,(H,18,19). The molecule has 0 aliphatic carbocycles. The lowest BCUT2D eigenvalue weighted by atomic mass is 10.1. The van der Waals surface area contributed by atoms with Gasteiger partial charge in [0, 0.05) is 12.6 Å². The van der Waals surface area contributed by atoms with Crippen LogP contribution in [0.25, 0.3) is 0 Å². The molecular weight excluding hydrogens is 242 g/mol. The Balaban J connectivity index is 2.84. The second kappa shape index (κ2) is 6.99. The summed E-state index contributed by atoms with van der Waals surface area (Å²) in [5.41, 5.74) is 7.05. The van der Waals surface area contributed by atoms with Crippen molar-refractivity contribution >= 4 is 17.3 Å². The summed E-state index contributed by atoms with van der Waals surface area (Å²) in [5.74, 6) is -0.968. The van der Waals surface area contributed by atoms with E-state index in [9.17, 15) is 9.90 Å². The zero-order valence-electron chi connectivity index (χ0n) is 11.8. The van der Waals surface area contributed by atoms with Gasteiger partial charge in [0.05, 0.1) is 16.9 Å². The number of anilines is 2. The van der Waals surface area contributed by atoms with Crippen molar-refractivity contribution in [3.63, 3.8) is 0 Å². The Bertz CT molecular complexity index is 431. The normalized spacial score (nSPS) is 12.4. The zero-order valence-corrected chi connectivity index (χ0v) is 11.8. The van der Waals surface area contributed by atoms with Crippen molar-refractivity contribution in [1.82, 2.24) is 4.90 Å². The Kier molecular flexibility index (Phi) is 5.63. The molecule has 0 spiro atoms. The second-order valence-corrected chi connectivity index (χ2v) is 4.61. The maximum Gasteiger partial charge on any atom is 0.337 e. The van der Waals surface area contributed by atoms with E-state index in [0.29, 0.717) is 11.4 Å². The number of carbonyl (C=O) groups is 1. The van der Waals surface area contributed by atoms with E-state index >= 15 is 0 Å². The summed E-state index contributed by atoms with van der Waals surface area (Å²) in [6.07, 6.45) is 0. The number of carboxylic acid groups (broad SMARTS) is 1. The third-order valence-corrected chi connectivity index (χ3v) is 3.14. The first-order chi connectivity index (χ1) is 8.99. The number of nitrogens with zero attached hydrogens (tertiary/aromatic N) is 1. The minimum Gasteiger partial charge on any atom is -0.478 e. The number of nitrogens with one attached hydrogen (secondary N) is 1. The molecule has 1 rings (SSSR count). The van der Waals surface area contributed by atoms with Gasteiger partial charge in [0.2, 0.25) is 0 Å². The van der Waals surface area contributed by atoms with E-state index in [1.807, 2.05) is 6.92 Å².